The van der Waals surface area contributed by atoms with Crippen LogP contribution in [0.5, 0.6) is 5.88 Å². The van der Waals surface area contributed by atoms with Crippen molar-refractivity contribution in [3.63, 3.8) is 0 Å². The van der Waals surface area contributed by atoms with Crippen LogP contribution in [0.25, 0.3) is 11.0 Å². The average molecular weight is 472 g/mol. The maximum atomic E-state index is 15.0. The summed E-state index contributed by atoms with van der Waals surface area (Å²) in [7, 11) is -3.79. The summed E-state index contributed by atoms with van der Waals surface area (Å²) in [5.41, 5.74) is 1.59. The monoisotopic (exact) mass is 471 g/mol. The highest BCUT2D eigenvalue weighted by Gasteiger charge is 2.23. The summed E-state index contributed by atoms with van der Waals surface area (Å²) in [6, 6.07) is 5.61. The predicted octanol–water partition coefficient (Wildman–Crippen LogP) is 2.13. The van der Waals surface area contributed by atoms with Crippen LogP contribution in [0.15, 0.2) is 30.5 Å². The van der Waals surface area contributed by atoms with E-state index in [1.54, 1.807) is 19.1 Å². The fraction of sp³-hybridized carbons (Fsp3) is 0.278. The number of carbonyl (C=O) groups excluding carboxylic acids is 1. The summed E-state index contributed by atoms with van der Waals surface area (Å²) in [6.07, 6.45) is 1.79. The molecule has 0 aliphatic rings. The summed E-state index contributed by atoms with van der Waals surface area (Å²) in [6.45, 7) is 1.38. The maximum absolute atomic E-state index is 15.0. The molecule has 2 aromatic heterocycles. The Labute approximate surface area is 182 Å². The Morgan fingerprint density at radius 2 is 2.13 bits per heavy atom. The number of aliphatic hydroxyl groups excluding tert-OH is 1. The highest BCUT2D eigenvalue weighted by Crippen LogP contribution is 2.27. The van der Waals surface area contributed by atoms with Crippen molar-refractivity contribution in [3.8, 4) is 5.88 Å². The number of hydrogen-bond donors (Lipinski definition) is 3. The minimum Gasteiger partial charge on any atom is -0.474 e. The van der Waals surface area contributed by atoms with E-state index in [9.17, 15) is 17.6 Å². The number of carbonyl (C=O) groups is 1. The van der Waals surface area contributed by atoms with Crippen LogP contribution in [-0.4, -0.2) is 53.3 Å². The SMILES string of the molecule is CCCS(=O)(=O)Nc1ccc(Cl)c(C(=O)Nn2nc(OCCO)c3cccnc32)c1F. The largest absolute Gasteiger partial charge is 0.474 e. The van der Waals surface area contributed by atoms with E-state index < -0.39 is 33.0 Å². The molecule has 0 spiro atoms. The second-order valence-corrected chi connectivity index (χ2v) is 8.56. The molecule has 166 valence electrons. The second-order valence-electron chi connectivity index (χ2n) is 6.31. The first-order valence-corrected chi connectivity index (χ1v) is 11.2. The van der Waals surface area contributed by atoms with Crippen molar-refractivity contribution in [3.05, 3.63) is 46.9 Å². The van der Waals surface area contributed by atoms with Gasteiger partial charge in [0.1, 0.15) is 6.61 Å². The van der Waals surface area contributed by atoms with Crippen LogP contribution in [0.2, 0.25) is 5.02 Å². The smallest absolute Gasteiger partial charge is 0.276 e. The molecule has 0 aliphatic carbocycles. The van der Waals surface area contributed by atoms with Gasteiger partial charge in [-0.25, -0.2) is 23.2 Å². The number of aromatic nitrogens is 3. The molecular formula is C18H19ClFN5O5S. The van der Waals surface area contributed by atoms with Gasteiger partial charge >= 0.3 is 0 Å². The Bertz CT molecular complexity index is 1220. The Balaban J connectivity index is 1.95. The average Bonchev–Trinajstić information content (AvgIpc) is 3.06. The van der Waals surface area contributed by atoms with E-state index in [0.29, 0.717) is 11.8 Å². The number of nitrogens with zero attached hydrogens (tertiary/aromatic N) is 3. The third-order valence-corrected chi connectivity index (χ3v) is 5.79. The summed E-state index contributed by atoms with van der Waals surface area (Å²) >= 11 is 6.01. The molecule has 0 aliphatic heterocycles. The summed E-state index contributed by atoms with van der Waals surface area (Å²) < 4.78 is 46.4. The van der Waals surface area contributed by atoms with Crippen LogP contribution in [0.3, 0.4) is 0 Å². The number of hydrogen-bond acceptors (Lipinski definition) is 7. The van der Waals surface area contributed by atoms with E-state index in [1.165, 1.54) is 12.3 Å². The quantitative estimate of drug-likeness (QED) is 0.435. The molecule has 31 heavy (non-hydrogen) atoms. The standard InChI is InChI=1S/C18H19ClFN5O5S/c1-2-10-31(28,29)24-13-6-5-12(19)14(15(13)20)17(27)22-25-16-11(4-3-7-21-16)18(23-25)30-9-8-26/h3-7,24,26H,2,8-10H2,1H3,(H,22,27). The van der Waals surface area contributed by atoms with Crippen molar-refractivity contribution in [2.75, 3.05) is 29.1 Å². The molecule has 1 amide bonds. The molecule has 3 aromatic rings. The van der Waals surface area contributed by atoms with E-state index in [0.717, 1.165) is 10.9 Å². The zero-order valence-electron chi connectivity index (χ0n) is 16.3. The number of anilines is 1. The van der Waals surface area contributed by atoms with E-state index in [2.05, 4.69) is 20.2 Å². The van der Waals surface area contributed by atoms with Crippen molar-refractivity contribution < 1.29 is 27.4 Å². The van der Waals surface area contributed by atoms with Crippen LogP contribution in [0.4, 0.5) is 10.1 Å². The molecule has 1 aromatic carbocycles. The number of nitrogens with one attached hydrogen (secondary N) is 2. The van der Waals surface area contributed by atoms with Gasteiger partial charge < -0.3 is 9.84 Å². The molecular weight excluding hydrogens is 453 g/mol. The first kappa shape index (κ1) is 22.7. The topological polar surface area (TPSA) is 135 Å². The van der Waals surface area contributed by atoms with E-state index in [4.69, 9.17) is 21.4 Å². The number of fused-ring (bicyclic) bond motifs is 1. The molecule has 0 saturated heterocycles. The molecule has 2 heterocycles. The van der Waals surface area contributed by atoms with Gasteiger partial charge in [0.15, 0.2) is 11.5 Å². The molecule has 0 unspecified atom stereocenters. The molecule has 3 rings (SSSR count). The maximum Gasteiger partial charge on any atom is 0.276 e. The van der Waals surface area contributed by atoms with E-state index in [1.807, 2.05) is 0 Å². The predicted molar refractivity (Wildman–Crippen MR) is 113 cm³/mol. The highest BCUT2D eigenvalue weighted by atomic mass is 35.5. The Hall–Kier alpha value is -2.96. The lowest BCUT2D eigenvalue weighted by atomic mass is 10.1. The van der Waals surface area contributed by atoms with Crippen molar-refractivity contribution >= 4 is 44.3 Å². The molecule has 0 bridgehead atoms. The lowest BCUT2D eigenvalue weighted by Gasteiger charge is -2.13. The van der Waals surface area contributed by atoms with Gasteiger partial charge in [0.25, 0.3) is 5.91 Å². The van der Waals surface area contributed by atoms with Gasteiger partial charge in [-0.2, -0.15) is 0 Å². The molecule has 3 N–H and O–H groups in total. The van der Waals surface area contributed by atoms with Gasteiger partial charge in [-0.05, 0) is 30.7 Å². The van der Waals surface area contributed by atoms with Gasteiger partial charge in [0.2, 0.25) is 15.9 Å². The number of halogens is 2. The minimum atomic E-state index is -3.79. The van der Waals surface area contributed by atoms with Gasteiger partial charge in [-0.3, -0.25) is 9.52 Å². The summed E-state index contributed by atoms with van der Waals surface area (Å²) in [4.78, 5) is 17.9. The van der Waals surface area contributed by atoms with Crippen LogP contribution >= 0.6 is 11.6 Å². The van der Waals surface area contributed by atoms with Crippen molar-refractivity contribution in [1.29, 1.82) is 0 Å². The van der Waals surface area contributed by atoms with E-state index in [-0.39, 0.29) is 35.5 Å². The Morgan fingerprint density at radius 1 is 1.35 bits per heavy atom. The van der Waals surface area contributed by atoms with E-state index >= 15 is 0 Å². The summed E-state index contributed by atoms with van der Waals surface area (Å²) in [5, 5.41) is 13.2. The summed E-state index contributed by atoms with van der Waals surface area (Å²) in [5.74, 6) is -2.23. The molecule has 0 fully saturated rings. The molecule has 13 heteroatoms. The number of amides is 1. The van der Waals surface area contributed by atoms with Crippen LogP contribution in [0.1, 0.15) is 23.7 Å². The second kappa shape index (κ2) is 9.45. The first-order chi connectivity index (χ1) is 14.8. The van der Waals surface area contributed by atoms with Crippen LogP contribution in [0, 0.1) is 5.82 Å². The highest BCUT2D eigenvalue weighted by molar-refractivity contribution is 7.92. The number of benzene rings is 1. The third-order valence-electron chi connectivity index (χ3n) is 4.00. The van der Waals surface area contributed by atoms with Gasteiger partial charge in [-0.1, -0.05) is 18.5 Å². The van der Waals surface area contributed by atoms with Gasteiger partial charge in [0, 0.05) is 6.20 Å². The number of aliphatic hydroxyl groups is 1. The normalized spacial score (nSPS) is 11.5. The van der Waals surface area contributed by atoms with Crippen molar-refractivity contribution in [2.24, 2.45) is 0 Å². The minimum absolute atomic E-state index is 0.0324. The third kappa shape index (κ3) is 5.03. The molecule has 0 atom stereocenters. The Kier molecular flexibility index (Phi) is 6.93. The zero-order chi connectivity index (χ0) is 22.6. The number of rotatable bonds is 9. The van der Waals surface area contributed by atoms with Crippen LogP contribution < -0.4 is 14.9 Å². The number of sulfonamides is 1. The van der Waals surface area contributed by atoms with Gasteiger partial charge in [-0.15, -0.1) is 9.89 Å². The van der Waals surface area contributed by atoms with Gasteiger partial charge in [0.05, 0.1) is 34.0 Å². The fourth-order valence-corrected chi connectivity index (χ4v) is 4.09. The molecule has 10 nitrogen and oxygen atoms in total. The first-order valence-electron chi connectivity index (χ1n) is 9.14. The van der Waals surface area contributed by atoms with Crippen molar-refractivity contribution in [1.82, 2.24) is 14.9 Å². The number of pyridine rings is 1. The molecule has 0 saturated carbocycles. The zero-order valence-corrected chi connectivity index (χ0v) is 17.9. The lowest BCUT2D eigenvalue weighted by Crippen LogP contribution is -2.26. The Morgan fingerprint density at radius 3 is 2.84 bits per heavy atom. The number of ether oxygens (including phenoxy) is 1. The molecule has 0 radical (unpaired) electrons. The fourth-order valence-electron chi connectivity index (χ4n) is 2.73. The van der Waals surface area contributed by atoms with Crippen molar-refractivity contribution in [2.45, 2.75) is 13.3 Å². The van der Waals surface area contributed by atoms with Crippen LogP contribution in [-0.2, 0) is 10.0 Å². The lowest BCUT2D eigenvalue weighted by molar-refractivity contribution is 0.100.